The molecule has 0 aliphatic carbocycles. The summed E-state index contributed by atoms with van der Waals surface area (Å²) in [6.07, 6.45) is 3.57. The summed E-state index contributed by atoms with van der Waals surface area (Å²) >= 11 is 0. The molecule has 2 aromatic rings. The molecule has 1 aromatic carbocycles. The van der Waals surface area contributed by atoms with E-state index in [0.29, 0.717) is 6.42 Å². The zero-order valence-corrected chi connectivity index (χ0v) is 9.05. The molecule has 84 valence electrons. The number of benzene rings is 1. The van der Waals surface area contributed by atoms with Gasteiger partial charge in [0.25, 0.3) is 0 Å². The van der Waals surface area contributed by atoms with Gasteiger partial charge in [0.05, 0.1) is 11.8 Å². The first-order valence-electron chi connectivity index (χ1n) is 5.20. The second-order valence-electron chi connectivity index (χ2n) is 3.85. The maximum absolute atomic E-state index is 11.3. The van der Waals surface area contributed by atoms with Gasteiger partial charge in [0, 0.05) is 12.4 Å². The smallest absolute Gasteiger partial charge is 0.330 e. The van der Waals surface area contributed by atoms with Crippen molar-refractivity contribution >= 4 is 0 Å². The van der Waals surface area contributed by atoms with Gasteiger partial charge in [-0.25, -0.2) is 4.79 Å². The van der Waals surface area contributed by atoms with Gasteiger partial charge in [0.2, 0.25) is 0 Å². The lowest BCUT2D eigenvalue weighted by Crippen LogP contribution is -2.14. The molecular formula is C12H14N2O2. The van der Waals surface area contributed by atoms with Gasteiger partial charge in [0.15, 0.2) is 0 Å². The highest BCUT2D eigenvalue weighted by molar-refractivity contribution is 5.34. The molecule has 0 aliphatic heterocycles. The lowest BCUT2D eigenvalue weighted by atomic mass is 10.1. The summed E-state index contributed by atoms with van der Waals surface area (Å²) in [5.41, 5.74) is 1.73. The molecule has 0 radical (unpaired) electrons. The third-order valence-corrected chi connectivity index (χ3v) is 2.39. The number of imidazole rings is 1. The number of rotatable bonds is 3. The summed E-state index contributed by atoms with van der Waals surface area (Å²) < 4.78 is 1.53. The fraction of sp³-hybridized carbons (Fsp3) is 0.250. The van der Waals surface area contributed by atoms with Crippen LogP contribution >= 0.6 is 0 Å². The standard InChI is InChI=1S/C12H14N2O2/c1-9(15)8-10-2-4-11(5-3-10)14-7-6-13-12(14)16/h2-7,9,15H,8H2,1H3,(H,13,16). The number of nitrogens with zero attached hydrogens (tertiary/aromatic N) is 1. The Labute approximate surface area is 93.2 Å². The van der Waals surface area contributed by atoms with Crippen molar-refractivity contribution in [2.24, 2.45) is 0 Å². The molecule has 0 fully saturated rings. The SMILES string of the molecule is CC(O)Cc1ccc(-n2cc[nH]c2=O)cc1. The van der Waals surface area contributed by atoms with Crippen LogP contribution in [0.4, 0.5) is 0 Å². The third-order valence-electron chi connectivity index (χ3n) is 2.39. The van der Waals surface area contributed by atoms with Gasteiger partial charge in [-0.1, -0.05) is 12.1 Å². The zero-order chi connectivity index (χ0) is 11.5. The number of aliphatic hydroxyl groups is 1. The monoisotopic (exact) mass is 218 g/mol. The van der Waals surface area contributed by atoms with Crippen LogP contribution in [0.3, 0.4) is 0 Å². The van der Waals surface area contributed by atoms with Crippen LogP contribution in [0.5, 0.6) is 0 Å². The molecule has 1 aromatic heterocycles. The summed E-state index contributed by atoms with van der Waals surface area (Å²) in [4.78, 5) is 13.9. The largest absolute Gasteiger partial charge is 0.393 e. The van der Waals surface area contributed by atoms with Crippen molar-refractivity contribution in [3.63, 3.8) is 0 Å². The predicted molar refractivity (Wildman–Crippen MR) is 61.8 cm³/mol. The van der Waals surface area contributed by atoms with Crippen LogP contribution in [0.25, 0.3) is 5.69 Å². The molecule has 0 aliphatic rings. The van der Waals surface area contributed by atoms with Crippen LogP contribution in [0.1, 0.15) is 12.5 Å². The molecule has 0 saturated carbocycles. The number of H-pyrrole nitrogens is 1. The Morgan fingerprint density at radius 1 is 1.38 bits per heavy atom. The molecule has 2 rings (SSSR count). The van der Waals surface area contributed by atoms with Gasteiger partial charge in [-0.15, -0.1) is 0 Å². The minimum atomic E-state index is -0.346. The minimum Gasteiger partial charge on any atom is -0.393 e. The van der Waals surface area contributed by atoms with Crippen molar-refractivity contribution in [3.8, 4) is 5.69 Å². The third kappa shape index (κ3) is 2.23. The zero-order valence-electron chi connectivity index (χ0n) is 9.05. The van der Waals surface area contributed by atoms with E-state index in [4.69, 9.17) is 0 Å². The molecule has 4 nitrogen and oxygen atoms in total. The van der Waals surface area contributed by atoms with Crippen molar-refractivity contribution in [1.82, 2.24) is 9.55 Å². The summed E-state index contributed by atoms with van der Waals surface area (Å²) in [5.74, 6) is 0. The number of hydrogen-bond acceptors (Lipinski definition) is 2. The molecule has 0 bridgehead atoms. The van der Waals surface area contributed by atoms with Gasteiger partial charge in [-0.05, 0) is 31.0 Å². The average molecular weight is 218 g/mol. The molecule has 16 heavy (non-hydrogen) atoms. The Morgan fingerprint density at radius 2 is 2.06 bits per heavy atom. The van der Waals surface area contributed by atoms with Gasteiger partial charge in [-0.2, -0.15) is 0 Å². The van der Waals surface area contributed by atoms with Gasteiger partial charge in [0.1, 0.15) is 0 Å². The molecule has 0 spiro atoms. The van der Waals surface area contributed by atoms with E-state index in [9.17, 15) is 9.90 Å². The number of aromatic amines is 1. The topological polar surface area (TPSA) is 58.0 Å². The fourth-order valence-electron chi connectivity index (χ4n) is 1.66. The first kappa shape index (κ1) is 10.7. The number of aromatic nitrogens is 2. The predicted octanol–water partition coefficient (Wildman–Crippen LogP) is 1.09. The summed E-state index contributed by atoms with van der Waals surface area (Å²) in [6, 6.07) is 7.57. The van der Waals surface area contributed by atoms with E-state index in [1.54, 1.807) is 19.3 Å². The van der Waals surface area contributed by atoms with Crippen LogP contribution in [0.15, 0.2) is 41.5 Å². The normalized spacial score (nSPS) is 12.6. The molecule has 1 unspecified atom stereocenters. The summed E-state index contributed by atoms with van der Waals surface area (Å²) in [6.45, 7) is 1.75. The van der Waals surface area contributed by atoms with E-state index in [2.05, 4.69) is 4.98 Å². The van der Waals surface area contributed by atoms with E-state index < -0.39 is 0 Å². The van der Waals surface area contributed by atoms with Crippen LogP contribution in [-0.2, 0) is 6.42 Å². The molecule has 0 saturated heterocycles. The van der Waals surface area contributed by atoms with E-state index in [0.717, 1.165) is 11.3 Å². The Morgan fingerprint density at radius 3 is 2.56 bits per heavy atom. The Balaban J connectivity index is 2.26. The van der Waals surface area contributed by atoms with E-state index >= 15 is 0 Å². The van der Waals surface area contributed by atoms with Crippen LogP contribution in [0, 0.1) is 0 Å². The number of hydrogen-bond donors (Lipinski definition) is 2. The molecular weight excluding hydrogens is 204 g/mol. The van der Waals surface area contributed by atoms with Crippen molar-refractivity contribution in [2.75, 3.05) is 0 Å². The summed E-state index contributed by atoms with van der Waals surface area (Å²) in [7, 11) is 0. The lowest BCUT2D eigenvalue weighted by Gasteiger charge is -2.05. The second-order valence-corrected chi connectivity index (χ2v) is 3.85. The van der Waals surface area contributed by atoms with E-state index in [1.165, 1.54) is 4.57 Å². The molecule has 1 heterocycles. The first-order valence-corrected chi connectivity index (χ1v) is 5.20. The maximum Gasteiger partial charge on any atom is 0.330 e. The highest BCUT2D eigenvalue weighted by Crippen LogP contribution is 2.09. The fourth-order valence-corrected chi connectivity index (χ4v) is 1.66. The Bertz CT molecular complexity index is 508. The highest BCUT2D eigenvalue weighted by Gasteiger charge is 2.01. The highest BCUT2D eigenvalue weighted by atomic mass is 16.3. The number of aliphatic hydroxyl groups excluding tert-OH is 1. The van der Waals surface area contributed by atoms with Crippen molar-refractivity contribution in [2.45, 2.75) is 19.4 Å². The lowest BCUT2D eigenvalue weighted by molar-refractivity contribution is 0.195. The number of nitrogens with one attached hydrogen (secondary N) is 1. The maximum atomic E-state index is 11.3. The van der Waals surface area contributed by atoms with Gasteiger partial charge >= 0.3 is 5.69 Å². The van der Waals surface area contributed by atoms with Crippen LogP contribution in [0.2, 0.25) is 0 Å². The van der Waals surface area contributed by atoms with Crippen molar-refractivity contribution < 1.29 is 5.11 Å². The average Bonchev–Trinajstić information content (AvgIpc) is 2.65. The van der Waals surface area contributed by atoms with E-state index in [1.807, 2.05) is 24.3 Å². The van der Waals surface area contributed by atoms with Crippen LogP contribution in [-0.4, -0.2) is 20.8 Å². The van der Waals surface area contributed by atoms with Crippen LogP contribution < -0.4 is 5.69 Å². The van der Waals surface area contributed by atoms with Crippen molar-refractivity contribution in [1.29, 1.82) is 0 Å². The molecule has 1 atom stereocenters. The summed E-state index contributed by atoms with van der Waals surface area (Å²) in [5, 5.41) is 9.24. The van der Waals surface area contributed by atoms with Gasteiger partial charge in [-0.3, -0.25) is 4.57 Å². The van der Waals surface area contributed by atoms with Crippen molar-refractivity contribution in [3.05, 3.63) is 52.7 Å². The second kappa shape index (κ2) is 4.37. The molecule has 0 amide bonds. The Kier molecular flexibility index (Phi) is 2.92. The minimum absolute atomic E-state index is 0.150. The first-order chi connectivity index (χ1) is 7.66. The van der Waals surface area contributed by atoms with E-state index in [-0.39, 0.29) is 11.8 Å². The van der Waals surface area contributed by atoms with Gasteiger partial charge < -0.3 is 10.1 Å². The molecule has 2 N–H and O–H groups in total. The Hall–Kier alpha value is -1.81. The molecule has 4 heteroatoms. The quantitative estimate of drug-likeness (QED) is 0.810.